The first-order chi connectivity index (χ1) is 18.3. The van der Waals surface area contributed by atoms with Gasteiger partial charge in [-0.3, -0.25) is 4.98 Å². The summed E-state index contributed by atoms with van der Waals surface area (Å²) in [5.74, 6) is -1.65. The molecule has 7 nitrogen and oxygen atoms in total. The second-order valence-electron chi connectivity index (χ2n) is 10.7. The first-order valence-corrected chi connectivity index (χ1v) is 13.2. The molecule has 6 rings (SSSR count). The Bertz CT molecular complexity index is 1460. The van der Waals surface area contributed by atoms with Gasteiger partial charge < -0.3 is 19.7 Å². The molecule has 1 aromatic carbocycles. The molecule has 0 atom stereocenters. The van der Waals surface area contributed by atoms with E-state index in [1.54, 1.807) is 0 Å². The molecule has 0 spiro atoms. The minimum absolute atomic E-state index is 0.0604. The molecule has 3 heterocycles. The fourth-order valence-electron chi connectivity index (χ4n) is 5.43. The monoisotopic (exact) mass is 519 g/mol. The van der Waals surface area contributed by atoms with Crippen molar-refractivity contribution in [3.8, 4) is 22.3 Å². The van der Waals surface area contributed by atoms with Crippen molar-refractivity contribution in [3.63, 3.8) is 0 Å². The minimum Gasteiger partial charge on any atom is -0.361 e. The second-order valence-corrected chi connectivity index (χ2v) is 10.7. The van der Waals surface area contributed by atoms with Crippen LogP contribution in [0.3, 0.4) is 0 Å². The molecule has 2 saturated carbocycles. The molecule has 2 aliphatic rings. The standard InChI is InChI=1S/C29H31F2N5O2/c1-17-26(18(2)38-35-17)21-13-25-27(32-14-21)24(16-36(25)15-19-9-11-29(30,31)12-10-19)20-3-5-22(6-4-20)33-28(37)34-23-7-8-23/h3-6,13-14,16,19,23H,7-12,15H2,1-2H3,(H2,33,34,37). The van der Waals surface area contributed by atoms with Crippen LogP contribution in [0, 0.1) is 19.8 Å². The fraction of sp³-hybridized carbons (Fsp3) is 0.414. The smallest absolute Gasteiger partial charge is 0.319 e. The maximum atomic E-state index is 13.8. The molecule has 2 N–H and O–H groups in total. The van der Waals surface area contributed by atoms with E-state index in [1.165, 1.54) is 0 Å². The SMILES string of the molecule is Cc1noc(C)c1-c1cnc2c(-c3ccc(NC(=O)NC4CC4)cc3)cn(CC3CCC(F)(F)CC3)c2c1. The van der Waals surface area contributed by atoms with Crippen molar-refractivity contribution < 1.29 is 18.1 Å². The molecule has 0 aliphatic heterocycles. The molecule has 4 aromatic rings. The molecule has 2 fully saturated rings. The highest BCUT2D eigenvalue weighted by Gasteiger charge is 2.35. The number of rotatable bonds is 6. The van der Waals surface area contributed by atoms with E-state index in [0.717, 1.165) is 57.6 Å². The van der Waals surface area contributed by atoms with Crippen molar-refractivity contribution >= 4 is 22.8 Å². The fourth-order valence-corrected chi connectivity index (χ4v) is 5.43. The van der Waals surface area contributed by atoms with Gasteiger partial charge in [0.1, 0.15) is 5.76 Å². The van der Waals surface area contributed by atoms with Crippen LogP contribution in [0.4, 0.5) is 19.3 Å². The van der Waals surface area contributed by atoms with Crippen LogP contribution in [0.2, 0.25) is 0 Å². The molecule has 0 radical (unpaired) electrons. The maximum absolute atomic E-state index is 13.8. The molecular formula is C29H31F2N5O2. The summed E-state index contributed by atoms with van der Waals surface area (Å²) in [6, 6.07) is 9.89. The van der Waals surface area contributed by atoms with E-state index in [0.29, 0.717) is 25.1 Å². The summed E-state index contributed by atoms with van der Waals surface area (Å²) < 4.78 is 35.1. The molecule has 2 aliphatic carbocycles. The number of halogens is 2. The number of hydrogen-bond acceptors (Lipinski definition) is 4. The largest absolute Gasteiger partial charge is 0.361 e. The van der Waals surface area contributed by atoms with Crippen molar-refractivity contribution in [3.05, 3.63) is 54.2 Å². The molecule has 9 heteroatoms. The Morgan fingerprint density at radius 2 is 1.84 bits per heavy atom. The van der Waals surface area contributed by atoms with Gasteiger partial charge in [0.25, 0.3) is 0 Å². The van der Waals surface area contributed by atoms with Crippen LogP contribution in [0.15, 0.2) is 47.2 Å². The average molecular weight is 520 g/mol. The van der Waals surface area contributed by atoms with Crippen LogP contribution in [0.5, 0.6) is 0 Å². The lowest BCUT2D eigenvalue weighted by Gasteiger charge is -2.28. The van der Waals surface area contributed by atoms with Gasteiger partial charge >= 0.3 is 6.03 Å². The molecule has 0 unspecified atom stereocenters. The number of carbonyl (C=O) groups is 1. The van der Waals surface area contributed by atoms with Crippen molar-refractivity contribution in [2.24, 2.45) is 5.92 Å². The number of nitrogens with zero attached hydrogens (tertiary/aromatic N) is 3. The van der Waals surface area contributed by atoms with Gasteiger partial charge in [0.05, 0.1) is 16.7 Å². The number of pyridine rings is 1. The Hall–Kier alpha value is -3.75. The Morgan fingerprint density at radius 3 is 2.50 bits per heavy atom. The third-order valence-electron chi connectivity index (χ3n) is 7.70. The summed E-state index contributed by atoms with van der Waals surface area (Å²) in [6.45, 7) is 4.44. The number of aryl methyl sites for hydroxylation is 2. The van der Waals surface area contributed by atoms with E-state index < -0.39 is 5.92 Å². The lowest BCUT2D eigenvalue weighted by Crippen LogP contribution is -2.30. The normalized spacial score (nSPS) is 17.6. The first kappa shape index (κ1) is 24.6. The zero-order valence-corrected chi connectivity index (χ0v) is 21.6. The van der Waals surface area contributed by atoms with Gasteiger partial charge in [-0.2, -0.15) is 0 Å². The van der Waals surface area contributed by atoms with E-state index in [-0.39, 0.29) is 30.8 Å². The zero-order valence-electron chi connectivity index (χ0n) is 21.6. The number of fused-ring (bicyclic) bond motifs is 1. The van der Waals surface area contributed by atoms with Crippen LogP contribution in [0.25, 0.3) is 33.3 Å². The van der Waals surface area contributed by atoms with Gasteiger partial charge in [0.15, 0.2) is 0 Å². The quantitative estimate of drug-likeness (QED) is 0.285. The molecule has 198 valence electrons. The number of nitrogens with one attached hydrogen (secondary N) is 2. The van der Waals surface area contributed by atoms with Gasteiger partial charge in [0, 0.05) is 60.2 Å². The highest BCUT2D eigenvalue weighted by Crippen LogP contribution is 2.39. The number of hydrogen-bond donors (Lipinski definition) is 2. The van der Waals surface area contributed by atoms with Crippen LogP contribution in [-0.4, -0.2) is 32.7 Å². The summed E-state index contributed by atoms with van der Waals surface area (Å²) in [5, 5.41) is 9.89. The summed E-state index contributed by atoms with van der Waals surface area (Å²) in [4.78, 5) is 17.0. The first-order valence-electron chi connectivity index (χ1n) is 13.2. The van der Waals surface area contributed by atoms with E-state index >= 15 is 0 Å². The number of benzene rings is 1. The second kappa shape index (κ2) is 9.53. The highest BCUT2D eigenvalue weighted by atomic mass is 19.3. The minimum atomic E-state index is -2.55. The average Bonchev–Trinajstić information content (AvgIpc) is 3.54. The van der Waals surface area contributed by atoms with E-state index in [4.69, 9.17) is 9.51 Å². The van der Waals surface area contributed by atoms with Crippen LogP contribution in [-0.2, 0) is 6.54 Å². The Balaban J connectivity index is 1.34. The lowest BCUT2D eigenvalue weighted by molar-refractivity contribution is -0.0472. The van der Waals surface area contributed by atoms with Gasteiger partial charge in [-0.1, -0.05) is 17.3 Å². The lowest BCUT2D eigenvalue weighted by atomic mass is 9.87. The van der Waals surface area contributed by atoms with Gasteiger partial charge in [-0.15, -0.1) is 0 Å². The Kier molecular flexibility index (Phi) is 6.16. The van der Waals surface area contributed by atoms with Gasteiger partial charge in [0.2, 0.25) is 5.92 Å². The van der Waals surface area contributed by atoms with Crippen LogP contribution < -0.4 is 10.6 Å². The topological polar surface area (TPSA) is 85.0 Å². The van der Waals surface area contributed by atoms with Crippen LogP contribution in [0.1, 0.15) is 50.0 Å². The third kappa shape index (κ3) is 5.01. The summed E-state index contributed by atoms with van der Waals surface area (Å²) in [6.07, 6.45) is 6.86. The number of alkyl halides is 2. The summed E-state index contributed by atoms with van der Waals surface area (Å²) in [7, 11) is 0. The molecule has 3 aromatic heterocycles. The number of carbonyl (C=O) groups excluding carboxylic acids is 1. The van der Waals surface area contributed by atoms with E-state index in [9.17, 15) is 13.6 Å². The Morgan fingerprint density at radius 1 is 1.11 bits per heavy atom. The Labute approximate surface area is 219 Å². The van der Waals surface area contributed by atoms with Gasteiger partial charge in [-0.05, 0) is 69.2 Å². The molecule has 0 bridgehead atoms. The van der Waals surface area contributed by atoms with Crippen LogP contribution >= 0.6 is 0 Å². The van der Waals surface area contributed by atoms with Crippen molar-refractivity contribution in [1.82, 2.24) is 20.0 Å². The third-order valence-corrected chi connectivity index (χ3v) is 7.70. The number of anilines is 1. The molecule has 0 saturated heterocycles. The zero-order chi connectivity index (χ0) is 26.4. The highest BCUT2D eigenvalue weighted by molar-refractivity contribution is 5.96. The number of aromatic nitrogens is 3. The number of amides is 2. The molecule has 2 amide bonds. The van der Waals surface area contributed by atoms with Crippen molar-refractivity contribution in [2.45, 2.75) is 70.9 Å². The van der Waals surface area contributed by atoms with Gasteiger partial charge in [-0.25, -0.2) is 13.6 Å². The predicted molar refractivity (Wildman–Crippen MR) is 142 cm³/mol. The maximum Gasteiger partial charge on any atom is 0.319 e. The number of urea groups is 1. The van der Waals surface area contributed by atoms with E-state index in [1.807, 2.05) is 44.3 Å². The van der Waals surface area contributed by atoms with Crippen molar-refractivity contribution in [2.75, 3.05) is 5.32 Å². The van der Waals surface area contributed by atoms with Crippen molar-refractivity contribution in [1.29, 1.82) is 0 Å². The van der Waals surface area contributed by atoms with E-state index in [2.05, 4.69) is 32.6 Å². The molecular weight excluding hydrogens is 488 g/mol. The summed E-state index contributed by atoms with van der Waals surface area (Å²) in [5.41, 5.74) is 7.06. The summed E-state index contributed by atoms with van der Waals surface area (Å²) >= 11 is 0. The molecule has 38 heavy (non-hydrogen) atoms. The predicted octanol–water partition coefficient (Wildman–Crippen LogP) is 7.08.